The minimum atomic E-state index is 0.428. The number of nitrogens with zero attached hydrogens (tertiary/aromatic N) is 1. The van der Waals surface area contributed by atoms with Crippen LogP contribution in [-0.2, 0) is 0 Å². The van der Waals surface area contributed by atoms with Crippen molar-refractivity contribution in [2.24, 2.45) is 5.73 Å². The third-order valence-electron chi connectivity index (χ3n) is 4.62. The van der Waals surface area contributed by atoms with Crippen molar-refractivity contribution in [3.8, 4) is 0 Å². The molecule has 0 aromatic heterocycles. The van der Waals surface area contributed by atoms with Gasteiger partial charge in [-0.3, -0.25) is 4.90 Å². The summed E-state index contributed by atoms with van der Waals surface area (Å²) < 4.78 is 1.16. The van der Waals surface area contributed by atoms with Gasteiger partial charge in [0.1, 0.15) is 0 Å². The van der Waals surface area contributed by atoms with Gasteiger partial charge in [-0.05, 0) is 56.3 Å². The molecule has 0 radical (unpaired) electrons. The van der Waals surface area contributed by atoms with E-state index in [1.165, 1.54) is 31.2 Å². The summed E-state index contributed by atoms with van der Waals surface area (Å²) in [5, 5.41) is 0. The van der Waals surface area contributed by atoms with E-state index < -0.39 is 0 Å². The second kappa shape index (κ2) is 7.58. The molecule has 0 bridgehead atoms. The zero-order valence-electron chi connectivity index (χ0n) is 12.7. The van der Waals surface area contributed by atoms with E-state index in [1.807, 2.05) is 0 Å². The van der Waals surface area contributed by atoms with Crippen LogP contribution in [0.3, 0.4) is 0 Å². The van der Waals surface area contributed by atoms with Gasteiger partial charge in [0, 0.05) is 22.6 Å². The van der Waals surface area contributed by atoms with Gasteiger partial charge in [-0.15, -0.1) is 0 Å². The first kappa shape index (κ1) is 16.0. The van der Waals surface area contributed by atoms with Gasteiger partial charge < -0.3 is 5.73 Å². The predicted octanol–water partition coefficient (Wildman–Crippen LogP) is 4.49. The standard InChI is InChI=1S/C17H27BrN2/c1-3-17(13-5-7-14(18)8-6-13)20(4-2)16-11-9-15(19)10-12-16/h5-8,15-17H,3-4,9-12,19H2,1-2H3. The maximum Gasteiger partial charge on any atom is 0.0348 e. The van der Waals surface area contributed by atoms with Crippen LogP contribution in [0, 0.1) is 0 Å². The zero-order valence-corrected chi connectivity index (χ0v) is 14.3. The molecule has 1 atom stereocenters. The summed E-state index contributed by atoms with van der Waals surface area (Å²) in [4.78, 5) is 2.69. The largest absolute Gasteiger partial charge is 0.328 e. The fourth-order valence-corrected chi connectivity index (χ4v) is 3.78. The normalized spacial score (nSPS) is 24.9. The molecule has 1 aliphatic carbocycles. The first-order valence-electron chi connectivity index (χ1n) is 7.92. The highest BCUT2D eigenvalue weighted by Gasteiger charge is 2.28. The van der Waals surface area contributed by atoms with Gasteiger partial charge in [0.15, 0.2) is 0 Å². The van der Waals surface area contributed by atoms with Crippen molar-refractivity contribution in [3.63, 3.8) is 0 Å². The Morgan fingerprint density at radius 3 is 2.25 bits per heavy atom. The van der Waals surface area contributed by atoms with Gasteiger partial charge >= 0.3 is 0 Å². The molecule has 20 heavy (non-hydrogen) atoms. The Balaban J connectivity index is 2.12. The van der Waals surface area contributed by atoms with Crippen molar-refractivity contribution in [3.05, 3.63) is 34.3 Å². The lowest BCUT2D eigenvalue weighted by atomic mass is 9.88. The SMILES string of the molecule is CCC(c1ccc(Br)cc1)N(CC)C1CCC(N)CC1. The Bertz CT molecular complexity index is 396. The van der Waals surface area contributed by atoms with Crippen LogP contribution in [0.2, 0.25) is 0 Å². The van der Waals surface area contributed by atoms with Gasteiger partial charge in [-0.1, -0.05) is 41.9 Å². The number of rotatable bonds is 5. The summed E-state index contributed by atoms with van der Waals surface area (Å²) in [6.07, 6.45) is 6.03. The lowest BCUT2D eigenvalue weighted by Crippen LogP contribution is -2.42. The fourth-order valence-electron chi connectivity index (χ4n) is 3.51. The molecule has 0 heterocycles. The van der Waals surface area contributed by atoms with E-state index in [-0.39, 0.29) is 0 Å². The highest BCUT2D eigenvalue weighted by atomic mass is 79.9. The number of hydrogen-bond donors (Lipinski definition) is 1. The Hall–Kier alpha value is -0.380. The maximum absolute atomic E-state index is 6.05. The topological polar surface area (TPSA) is 29.3 Å². The molecule has 0 aliphatic heterocycles. The van der Waals surface area contributed by atoms with Gasteiger partial charge in [-0.25, -0.2) is 0 Å². The van der Waals surface area contributed by atoms with Gasteiger partial charge in [0.05, 0.1) is 0 Å². The third kappa shape index (κ3) is 3.84. The molecule has 1 saturated carbocycles. The molecule has 1 unspecified atom stereocenters. The summed E-state index contributed by atoms with van der Waals surface area (Å²) in [7, 11) is 0. The van der Waals surface area contributed by atoms with Crippen LogP contribution in [-0.4, -0.2) is 23.5 Å². The minimum absolute atomic E-state index is 0.428. The summed E-state index contributed by atoms with van der Waals surface area (Å²) >= 11 is 3.53. The third-order valence-corrected chi connectivity index (χ3v) is 5.15. The number of nitrogens with two attached hydrogens (primary N) is 1. The Morgan fingerprint density at radius 2 is 1.75 bits per heavy atom. The van der Waals surface area contributed by atoms with Crippen LogP contribution in [0.5, 0.6) is 0 Å². The molecule has 2 nitrogen and oxygen atoms in total. The Labute approximate surface area is 131 Å². The molecule has 112 valence electrons. The molecular formula is C17H27BrN2. The quantitative estimate of drug-likeness (QED) is 0.856. The first-order valence-corrected chi connectivity index (χ1v) is 8.71. The van der Waals surface area contributed by atoms with Crippen molar-refractivity contribution in [1.82, 2.24) is 4.90 Å². The summed E-state index contributed by atoms with van der Waals surface area (Å²) in [6, 6.07) is 10.5. The molecule has 2 N–H and O–H groups in total. The lowest BCUT2D eigenvalue weighted by molar-refractivity contribution is 0.103. The van der Waals surface area contributed by atoms with E-state index in [0.717, 1.165) is 17.4 Å². The number of halogens is 1. The van der Waals surface area contributed by atoms with Crippen LogP contribution >= 0.6 is 15.9 Å². The van der Waals surface area contributed by atoms with Gasteiger partial charge in [0.25, 0.3) is 0 Å². The second-order valence-electron chi connectivity index (χ2n) is 5.87. The molecule has 0 saturated heterocycles. The first-order chi connectivity index (χ1) is 9.65. The Morgan fingerprint density at radius 1 is 1.15 bits per heavy atom. The van der Waals surface area contributed by atoms with Crippen LogP contribution < -0.4 is 5.73 Å². The van der Waals surface area contributed by atoms with Gasteiger partial charge in [0.2, 0.25) is 0 Å². The molecule has 2 rings (SSSR count). The monoisotopic (exact) mass is 338 g/mol. The fraction of sp³-hybridized carbons (Fsp3) is 0.647. The lowest BCUT2D eigenvalue weighted by Gasteiger charge is -2.40. The average Bonchev–Trinajstić information content (AvgIpc) is 2.47. The Kier molecular flexibility index (Phi) is 6.06. The molecule has 0 amide bonds. The highest BCUT2D eigenvalue weighted by Crippen LogP contribution is 2.32. The number of benzene rings is 1. The second-order valence-corrected chi connectivity index (χ2v) is 6.79. The molecule has 1 aromatic rings. The minimum Gasteiger partial charge on any atom is -0.328 e. The van der Waals surface area contributed by atoms with E-state index in [1.54, 1.807) is 0 Å². The zero-order chi connectivity index (χ0) is 14.5. The van der Waals surface area contributed by atoms with E-state index in [0.29, 0.717) is 18.1 Å². The summed E-state index contributed by atoms with van der Waals surface area (Å²) in [6.45, 7) is 5.70. The van der Waals surface area contributed by atoms with E-state index in [9.17, 15) is 0 Å². The van der Waals surface area contributed by atoms with E-state index in [4.69, 9.17) is 5.73 Å². The maximum atomic E-state index is 6.05. The van der Waals surface area contributed by atoms with Crippen molar-refractivity contribution in [2.45, 2.75) is 64.1 Å². The van der Waals surface area contributed by atoms with Crippen LogP contribution in [0.4, 0.5) is 0 Å². The van der Waals surface area contributed by atoms with Crippen molar-refractivity contribution in [1.29, 1.82) is 0 Å². The molecule has 1 fully saturated rings. The molecule has 1 aromatic carbocycles. The van der Waals surface area contributed by atoms with Crippen LogP contribution in [0.1, 0.15) is 57.6 Å². The smallest absolute Gasteiger partial charge is 0.0348 e. The predicted molar refractivity (Wildman–Crippen MR) is 89.8 cm³/mol. The summed E-state index contributed by atoms with van der Waals surface area (Å²) in [5.41, 5.74) is 7.49. The van der Waals surface area contributed by atoms with Crippen molar-refractivity contribution in [2.75, 3.05) is 6.54 Å². The van der Waals surface area contributed by atoms with Crippen LogP contribution in [0.25, 0.3) is 0 Å². The van der Waals surface area contributed by atoms with Crippen molar-refractivity contribution < 1.29 is 0 Å². The summed E-state index contributed by atoms with van der Waals surface area (Å²) in [5.74, 6) is 0. The average molecular weight is 339 g/mol. The van der Waals surface area contributed by atoms with Crippen LogP contribution in [0.15, 0.2) is 28.7 Å². The molecule has 1 aliphatic rings. The highest BCUT2D eigenvalue weighted by molar-refractivity contribution is 9.10. The van der Waals surface area contributed by atoms with Gasteiger partial charge in [-0.2, -0.15) is 0 Å². The van der Waals surface area contributed by atoms with E-state index >= 15 is 0 Å². The number of hydrogen-bond acceptors (Lipinski definition) is 2. The van der Waals surface area contributed by atoms with Crippen molar-refractivity contribution >= 4 is 15.9 Å². The van der Waals surface area contributed by atoms with E-state index in [2.05, 4.69) is 58.9 Å². The molecular weight excluding hydrogens is 312 g/mol. The molecule has 0 spiro atoms. The molecule has 3 heteroatoms.